The van der Waals surface area contributed by atoms with Crippen LogP contribution >= 0.6 is 0 Å². The zero-order valence-corrected chi connectivity index (χ0v) is 9.64. The molecule has 0 spiro atoms. The first-order valence-electron chi connectivity index (χ1n) is 2.60. The van der Waals surface area contributed by atoms with Crippen molar-refractivity contribution in [3.8, 4) is 0 Å². The summed E-state index contributed by atoms with van der Waals surface area (Å²) in [6.45, 7) is 4.36. The molecule has 0 radical (unpaired) electrons. The van der Waals surface area contributed by atoms with Crippen molar-refractivity contribution in [2.45, 2.75) is 0 Å². The standard InChI is InChI=1S/C3H12OSi3/c1-2-3-4-6-7-5/h2H,1,3,6-7H2,5H3. The minimum Gasteiger partial charge on any atom is -0.425 e. The molecule has 0 aliphatic heterocycles. The molecule has 0 rings (SSSR count). The molecule has 0 aliphatic carbocycles. The van der Waals surface area contributed by atoms with Crippen LogP contribution in [0.3, 0.4) is 0 Å². The van der Waals surface area contributed by atoms with Crippen molar-refractivity contribution < 1.29 is 4.43 Å². The Morgan fingerprint density at radius 1 is 1.86 bits per heavy atom. The molecule has 0 aliphatic rings. The fourth-order valence-electron chi connectivity index (χ4n) is 0.311. The highest BCUT2D eigenvalue weighted by Crippen LogP contribution is 1.66. The summed E-state index contributed by atoms with van der Waals surface area (Å²) in [6.07, 6.45) is 1.83. The van der Waals surface area contributed by atoms with Gasteiger partial charge in [0.2, 0.25) is 0 Å². The molecule has 0 unspecified atom stereocenters. The Labute approximate surface area is 51.9 Å². The predicted octanol–water partition coefficient (Wildman–Crippen LogP) is -2.36. The number of hydrogen-bond donors (Lipinski definition) is 0. The summed E-state index contributed by atoms with van der Waals surface area (Å²) in [5.74, 6) is 0. The van der Waals surface area contributed by atoms with Gasteiger partial charge in [-0.25, -0.2) is 0 Å². The SMILES string of the molecule is C=CCO[SiH2][SiH2][SiH3]. The normalized spacial score (nSPS) is 12.6. The maximum Gasteiger partial charge on any atom is 0.140 e. The molecule has 0 aromatic rings. The van der Waals surface area contributed by atoms with E-state index in [0.29, 0.717) is 8.55 Å². The molecule has 7 heavy (non-hydrogen) atoms. The summed E-state index contributed by atoms with van der Waals surface area (Å²) in [6, 6.07) is 0. The van der Waals surface area contributed by atoms with Crippen molar-refractivity contribution in [2.75, 3.05) is 6.61 Å². The Balaban J connectivity index is 2.56. The van der Waals surface area contributed by atoms with Crippen LogP contribution in [-0.4, -0.2) is 34.2 Å². The minimum atomic E-state index is 0.0401. The fraction of sp³-hybridized carbons (Fsp3) is 0.333. The second-order valence-electron chi connectivity index (χ2n) is 1.36. The second-order valence-corrected chi connectivity index (χ2v) is 16.4. The van der Waals surface area contributed by atoms with Gasteiger partial charge in [0.25, 0.3) is 0 Å². The average Bonchev–Trinajstić information content (AvgIpc) is 1.69. The van der Waals surface area contributed by atoms with Gasteiger partial charge in [-0.2, -0.15) is 0 Å². The topological polar surface area (TPSA) is 9.23 Å². The van der Waals surface area contributed by atoms with Crippen LogP contribution in [0.4, 0.5) is 0 Å². The summed E-state index contributed by atoms with van der Waals surface area (Å²) in [5, 5.41) is 0. The predicted molar refractivity (Wildman–Crippen MR) is 43.2 cm³/mol. The van der Waals surface area contributed by atoms with Gasteiger partial charge in [0.15, 0.2) is 0 Å². The molecule has 0 aromatic heterocycles. The van der Waals surface area contributed by atoms with E-state index in [4.69, 9.17) is 4.43 Å². The van der Waals surface area contributed by atoms with Gasteiger partial charge >= 0.3 is 0 Å². The maximum atomic E-state index is 5.25. The van der Waals surface area contributed by atoms with E-state index >= 15 is 0 Å². The minimum absolute atomic E-state index is 0.0401. The van der Waals surface area contributed by atoms with E-state index in [-0.39, 0.29) is 9.28 Å². The van der Waals surface area contributed by atoms with Crippen molar-refractivity contribution in [3.63, 3.8) is 0 Å². The van der Waals surface area contributed by atoms with E-state index in [1.807, 2.05) is 6.08 Å². The van der Waals surface area contributed by atoms with Gasteiger partial charge in [-0.1, -0.05) is 6.08 Å². The first kappa shape index (κ1) is 7.35. The van der Waals surface area contributed by atoms with Crippen molar-refractivity contribution in [1.29, 1.82) is 0 Å². The van der Waals surface area contributed by atoms with Gasteiger partial charge in [-0.15, -0.1) is 6.58 Å². The Morgan fingerprint density at radius 2 is 2.57 bits per heavy atom. The fourth-order valence-corrected chi connectivity index (χ4v) is 4.90. The smallest absolute Gasteiger partial charge is 0.140 e. The van der Waals surface area contributed by atoms with Crippen molar-refractivity contribution >= 4 is 27.6 Å². The lowest BCUT2D eigenvalue weighted by molar-refractivity contribution is 0.396. The first-order valence-corrected chi connectivity index (χ1v) is 12.8. The molecule has 0 amide bonds. The molecule has 0 saturated carbocycles. The summed E-state index contributed by atoms with van der Waals surface area (Å²) in [7, 11) is 1.89. The molecule has 0 fully saturated rings. The summed E-state index contributed by atoms with van der Waals surface area (Å²) in [4.78, 5) is 0. The summed E-state index contributed by atoms with van der Waals surface area (Å²) >= 11 is 0. The molecular formula is C3H12OSi3. The van der Waals surface area contributed by atoms with Crippen LogP contribution in [0.25, 0.3) is 0 Å². The van der Waals surface area contributed by atoms with E-state index in [1.165, 1.54) is 9.76 Å². The van der Waals surface area contributed by atoms with Crippen LogP contribution in [0.15, 0.2) is 12.7 Å². The zero-order valence-electron chi connectivity index (χ0n) is 4.81. The van der Waals surface area contributed by atoms with Gasteiger partial charge in [-0.3, -0.25) is 0 Å². The molecule has 0 atom stereocenters. The Kier molecular flexibility index (Phi) is 6.67. The number of hydrogen-bond acceptors (Lipinski definition) is 1. The Hall–Kier alpha value is 0.351. The molecule has 0 saturated heterocycles. The highest BCUT2D eigenvalue weighted by atomic mass is 29.5. The van der Waals surface area contributed by atoms with Crippen LogP contribution in [-0.2, 0) is 4.43 Å². The van der Waals surface area contributed by atoms with Crippen molar-refractivity contribution in [3.05, 3.63) is 12.7 Å². The second kappa shape index (κ2) is 6.35. The van der Waals surface area contributed by atoms with Crippen LogP contribution in [0.1, 0.15) is 0 Å². The van der Waals surface area contributed by atoms with Gasteiger partial charge < -0.3 is 4.43 Å². The van der Waals surface area contributed by atoms with E-state index in [9.17, 15) is 0 Å². The maximum absolute atomic E-state index is 5.25. The molecular weight excluding hydrogens is 136 g/mol. The van der Waals surface area contributed by atoms with Crippen LogP contribution in [0.5, 0.6) is 0 Å². The van der Waals surface area contributed by atoms with Gasteiger partial charge in [0.1, 0.15) is 9.28 Å². The van der Waals surface area contributed by atoms with Crippen LogP contribution in [0, 0.1) is 0 Å². The first-order chi connectivity index (χ1) is 3.41. The third-order valence-electron chi connectivity index (χ3n) is 0.584. The summed E-state index contributed by atoms with van der Waals surface area (Å²) in [5.41, 5.74) is 0. The van der Waals surface area contributed by atoms with Gasteiger partial charge in [0.05, 0.1) is 6.61 Å². The van der Waals surface area contributed by atoms with E-state index in [2.05, 4.69) is 6.58 Å². The monoisotopic (exact) mass is 148 g/mol. The molecule has 1 nitrogen and oxygen atoms in total. The molecule has 4 heteroatoms. The largest absolute Gasteiger partial charge is 0.425 e. The summed E-state index contributed by atoms with van der Waals surface area (Å²) < 4.78 is 5.25. The molecule has 0 N–H and O–H groups in total. The molecule has 42 valence electrons. The van der Waals surface area contributed by atoms with Gasteiger partial charge in [-0.05, 0) is 9.76 Å². The molecule has 0 heterocycles. The van der Waals surface area contributed by atoms with Gasteiger partial charge in [0, 0.05) is 8.55 Å². The average molecular weight is 148 g/mol. The molecule has 0 bridgehead atoms. The Morgan fingerprint density at radius 3 is 3.00 bits per heavy atom. The number of rotatable bonds is 4. The van der Waals surface area contributed by atoms with E-state index in [0.717, 1.165) is 6.61 Å². The van der Waals surface area contributed by atoms with Crippen LogP contribution < -0.4 is 0 Å². The Bertz CT molecular complexity index is 47.4. The molecule has 0 aromatic carbocycles. The third kappa shape index (κ3) is 6.35. The highest BCUT2D eigenvalue weighted by Gasteiger charge is 1.77. The highest BCUT2D eigenvalue weighted by molar-refractivity contribution is 7.21. The zero-order chi connectivity index (χ0) is 5.54. The van der Waals surface area contributed by atoms with Crippen LogP contribution in [0.2, 0.25) is 0 Å². The third-order valence-corrected chi connectivity index (χ3v) is 7.28. The van der Waals surface area contributed by atoms with Crippen molar-refractivity contribution in [1.82, 2.24) is 0 Å². The quantitative estimate of drug-likeness (QED) is 0.246. The lowest BCUT2D eigenvalue weighted by atomic mass is 10.7. The van der Waals surface area contributed by atoms with E-state index in [1.54, 1.807) is 0 Å². The lowest BCUT2D eigenvalue weighted by Crippen LogP contribution is -2.07. The van der Waals surface area contributed by atoms with Crippen molar-refractivity contribution in [2.24, 2.45) is 0 Å². The lowest BCUT2D eigenvalue weighted by Gasteiger charge is -1.92. The van der Waals surface area contributed by atoms with E-state index < -0.39 is 0 Å².